The fraction of sp³-hybridized carbons (Fsp3) is 0.450. The third-order valence-corrected chi connectivity index (χ3v) is 4.63. The number of fused-ring (bicyclic) bond motifs is 1. The predicted molar refractivity (Wildman–Crippen MR) is 95.3 cm³/mol. The maximum Gasteiger partial charge on any atom is 0.422 e. The van der Waals surface area contributed by atoms with Gasteiger partial charge in [-0.25, -0.2) is 0 Å². The molecular formula is C20H22F3NO4. The van der Waals surface area contributed by atoms with Crippen molar-refractivity contribution in [3.8, 4) is 11.5 Å². The summed E-state index contributed by atoms with van der Waals surface area (Å²) in [5.41, 5.74) is 1.84. The molecule has 0 N–H and O–H groups in total. The normalized spacial score (nSPS) is 14.4. The van der Waals surface area contributed by atoms with Gasteiger partial charge in [-0.2, -0.15) is 13.2 Å². The number of rotatable bonds is 6. The van der Waals surface area contributed by atoms with E-state index in [0.29, 0.717) is 25.9 Å². The number of hydrogen-bond acceptors (Lipinski definition) is 4. The smallest absolute Gasteiger partial charge is 0.422 e. The van der Waals surface area contributed by atoms with Crippen LogP contribution in [0.15, 0.2) is 34.9 Å². The van der Waals surface area contributed by atoms with Gasteiger partial charge in [0, 0.05) is 31.5 Å². The Bertz CT molecular complexity index is 816. The highest BCUT2D eigenvalue weighted by atomic mass is 19.4. The van der Waals surface area contributed by atoms with Gasteiger partial charge in [0.1, 0.15) is 5.76 Å². The van der Waals surface area contributed by atoms with Crippen molar-refractivity contribution >= 4 is 5.91 Å². The lowest BCUT2D eigenvalue weighted by molar-refractivity contribution is -0.153. The molecule has 28 heavy (non-hydrogen) atoms. The zero-order valence-electron chi connectivity index (χ0n) is 15.6. The third-order valence-electron chi connectivity index (χ3n) is 4.63. The molecule has 2 aromatic rings. The molecule has 0 saturated heterocycles. The summed E-state index contributed by atoms with van der Waals surface area (Å²) in [6.45, 7) is -0.166. The lowest BCUT2D eigenvalue weighted by atomic mass is 10.1. The molecule has 1 amide bonds. The second kappa shape index (κ2) is 8.58. The van der Waals surface area contributed by atoms with Crippen molar-refractivity contribution < 1.29 is 31.9 Å². The summed E-state index contributed by atoms with van der Waals surface area (Å²) in [6, 6.07) is 6.59. The lowest BCUT2D eigenvalue weighted by Crippen LogP contribution is -2.30. The van der Waals surface area contributed by atoms with E-state index >= 15 is 0 Å². The molecule has 0 saturated carbocycles. The molecule has 1 aliphatic heterocycles. The Morgan fingerprint density at radius 3 is 2.82 bits per heavy atom. The highest BCUT2D eigenvalue weighted by molar-refractivity contribution is 5.76. The van der Waals surface area contributed by atoms with Gasteiger partial charge in [0.25, 0.3) is 0 Å². The van der Waals surface area contributed by atoms with Crippen molar-refractivity contribution in [2.75, 3.05) is 20.3 Å². The molecule has 8 heteroatoms. The van der Waals surface area contributed by atoms with Crippen LogP contribution in [0.25, 0.3) is 0 Å². The zero-order chi connectivity index (χ0) is 20.1. The summed E-state index contributed by atoms with van der Waals surface area (Å²) in [5.74, 6) is 1.21. The van der Waals surface area contributed by atoms with Crippen LogP contribution >= 0.6 is 0 Å². The van der Waals surface area contributed by atoms with E-state index in [-0.39, 0.29) is 17.4 Å². The summed E-state index contributed by atoms with van der Waals surface area (Å²) in [6.07, 6.45) is -0.331. The van der Waals surface area contributed by atoms with Gasteiger partial charge in [-0.05, 0) is 36.6 Å². The molecule has 1 aliphatic rings. The van der Waals surface area contributed by atoms with E-state index in [1.54, 1.807) is 18.4 Å². The first-order chi connectivity index (χ1) is 13.4. The Balaban J connectivity index is 1.58. The number of ether oxygens (including phenoxy) is 2. The number of nitrogens with zero attached hydrogens (tertiary/aromatic N) is 1. The molecule has 1 aromatic carbocycles. The fourth-order valence-corrected chi connectivity index (χ4v) is 3.21. The molecule has 2 heterocycles. The van der Waals surface area contributed by atoms with Gasteiger partial charge in [-0.1, -0.05) is 6.07 Å². The molecule has 0 radical (unpaired) electrons. The number of hydrogen-bond donors (Lipinski definition) is 0. The highest BCUT2D eigenvalue weighted by Gasteiger charge is 2.29. The Kier molecular flexibility index (Phi) is 6.16. The molecule has 1 aromatic heterocycles. The Morgan fingerprint density at radius 2 is 2.07 bits per heavy atom. The average Bonchev–Trinajstić information content (AvgIpc) is 3.00. The predicted octanol–water partition coefficient (Wildman–Crippen LogP) is 4.14. The summed E-state index contributed by atoms with van der Waals surface area (Å²) >= 11 is 0. The first-order valence-corrected chi connectivity index (χ1v) is 9.05. The van der Waals surface area contributed by atoms with Crippen LogP contribution in [0.3, 0.4) is 0 Å². The van der Waals surface area contributed by atoms with Crippen LogP contribution in [0.4, 0.5) is 13.2 Å². The van der Waals surface area contributed by atoms with Crippen molar-refractivity contribution in [1.82, 2.24) is 4.90 Å². The van der Waals surface area contributed by atoms with Crippen LogP contribution in [0.2, 0.25) is 0 Å². The molecular weight excluding hydrogens is 375 g/mol. The SMILES string of the molecule is COc1cc(CCC(=O)N2CCCc3occc3C2)ccc1OCC(F)(F)F. The van der Waals surface area contributed by atoms with Gasteiger partial charge in [-0.3, -0.25) is 4.79 Å². The minimum atomic E-state index is -4.42. The van der Waals surface area contributed by atoms with Gasteiger partial charge in [0.2, 0.25) is 5.91 Å². The largest absolute Gasteiger partial charge is 0.493 e. The minimum absolute atomic E-state index is 0.0231. The van der Waals surface area contributed by atoms with Crippen LogP contribution in [-0.2, 0) is 24.2 Å². The van der Waals surface area contributed by atoms with E-state index in [0.717, 1.165) is 29.7 Å². The van der Waals surface area contributed by atoms with Gasteiger partial charge in [-0.15, -0.1) is 0 Å². The standard InChI is InChI=1S/C20H22F3NO4/c1-26-18-11-14(4-6-17(18)28-13-20(21,22)23)5-7-19(25)24-9-2-3-16-15(12-24)8-10-27-16/h4,6,8,10-11H,2-3,5,7,9,12-13H2,1H3. The van der Waals surface area contributed by atoms with Crippen LogP contribution < -0.4 is 9.47 Å². The maximum atomic E-state index is 12.6. The van der Waals surface area contributed by atoms with Crippen molar-refractivity contribution in [3.63, 3.8) is 0 Å². The number of benzene rings is 1. The number of aryl methyl sites for hydroxylation is 2. The highest BCUT2D eigenvalue weighted by Crippen LogP contribution is 2.30. The van der Waals surface area contributed by atoms with E-state index in [1.165, 1.54) is 13.2 Å². The topological polar surface area (TPSA) is 51.9 Å². The Hall–Kier alpha value is -2.64. The van der Waals surface area contributed by atoms with E-state index in [9.17, 15) is 18.0 Å². The van der Waals surface area contributed by atoms with Crippen LogP contribution in [0, 0.1) is 0 Å². The summed E-state index contributed by atoms with van der Waals surface area (Å²) in [7, 11) is 1.37. The quantitative estimate of drug-likeness (QED) is 0.735. The van der Waals surface area contributed by atoms with Crippen molar-refractivity contribution in [1.29, 1.82) is 0 Å². The molecule has 0 fully saturated rings. The van der Waals surface area contributed by atoms with Crippen molar-refractivity contribution in [2.45, 2.75) is 38.4 Å². The van der Waals surface area contributed by atoms with Gasteiger partial charge < -0.3 is 18.8 Å². The summed E-state index contributed by atoms with van der Waals surface area (Å²) in [5, 5.41) is 0. The van der Waals surface area contributed by atoms with E-state index in [4.69, 9.17) is 13.9 Å². The molecule has 0 spiro atoms. The Morgan fingerprint density at radius 1 is 1.25 bits per heavy atom. The molecule has 152 valence electrons. The van der Waals surface area contributed by atoms with E-state index in [1.807, 2.05) is 11.0 Å². The number of furan rings is 1. The van der Waals surface area contributed by atoms with Crippen LogP contribution in [-0.4, -0.2) is 37.2 Å². The average molecular weight is 397 g/mol. The number of carbonyl (C=O) groups is 1. The van der Waals surface area contributed by atoms with Gasteiger partial charge in [0.15, 0.2) is 18.1 Å². The zero-order valence-corrected chi connectivity index (χ0v) is 15.6. The second-order valence-corrected chi connectivity index (χ2v) is 6.68. The summed E-state index contributed by atoms with van der Waals surface area (Å²) < 4.78 is 52.3. The maximum absolute atomic E-state index is 12.6. The first-order valence-electron chi connectivity index (χ1n) is 9.05. The molecule has 0 aliphatic carbocycles. The Labute approximate surface area is 161 Å². The van der Waals surface area contributed by atoms with E-state index in [2.05, 4.69) is 0 Å². The molecule has 0 atom stereocenters. The number of amides is 1. The van der Waals surface area contributed by atoms with Gasteiger partial charge >= 0.3 is 6.18 Å². The lowest BCUT2D eigenvalue weighted by Gasteiger charge is -2.20. The first kappa shape index (κ1) is 20.1. The number of alkyl halides is 3. The van der Waals surface area contributed by atoms with Crippen molar-refractivity contribution in [2.24, 2.45) is 0 Å². The molecule has 0 unspecified atom stereocenters. The minimum Gasteiger partial charge on any atom is -0.493 e. The molecule has 0 bridgehead atoms. The van der Waals surface area contributed by atoms with E-state index < -0.39 is 12.8 Å². The summed E-state index contributed by atoms with van der Waals surface area (Å²) in [4.78, 5) is 14.4. The number of carbonyl (C=O) groups excluding carboxylic acids is 1. The number of halogens is 3. The van der Waals surface area contributed by atoms with Crippen LogP contribution in [0.5, 0.6) is 11.5 Å². The number of methoxy groups -OCH3 is 1. The third kappa shape index (κ3) is 5.21. The molecule has 3 rings (SSSR count). The monoisotopic (exact) mass is 397 g/mol. The van der Waals surface area contributed by atoms with Crippen LogP contribution in [0.1, 0.15) is 29.7 Å². The van der Waals surface area contributed by atoms with Crippen molar-refractivity contribution in [3.05, 3.63) is 47.4 Å². The van der Waals surface area contributed by atoms with Gasteiger partial charge in [0.05, 0.1) is 13.4 Å². The fourth-order valence-electron chi connectivity index (χ4n) is 3.21. The molecule has 5 nitrogen and oxygen atoms in total. The second-order valence-electron chi connectivity index (χ2n) is 6.68.